The highest BCUT2D eigenvalue weighted by atomic mass is 19.1. The molecule has 0 atom stereocenters. The summed E-state index contributed by atoms with van der Waals surface area (Å²) in [6.45, 7) is 4.63. The van der Waals surface area contributed by atoms with Crippen LogP contribution in [0.5, 0.6) is 0 Å². The second-order valence-electron chi connectivity index (χ2n) is 4.51. The third-order valence-electron chi connectivity index (χ3n) is 2.91. The van der Waals surface area contributed by atoms with Gasteiger partial charge in [0, 0.05) is 12.2 Å². The Morgan fingerprint density at radius 2 is 1.90 bits per heavy atom. The summed E-state index contributed by atoms with van der Waals surface area (Å²) in [5.74, 6) is -0.774. The minimum atomic E-state index is -0.446. The first-order valence-corrected chi connectivity index (χ1v) is 6.52. The van der Waals surface area contributed by atoms with Crippen LogP contribution in [0.25, 0.3) is 0 Å². The Kier molecular flexibility index (Phi) is 4.35. The number of amides is 1. The number of carbonyl (C=O) groups excluding carboxylic acids is 1. The zero-order valence-electron chi connectivity index (χ0n) is 11.5. The number of carbonyl (C=O) groups is 1. The van der Waals surface area contributed by atoms with E-state index in [-0.39, 0.29) is 11.6 Å². The van der Waals surface area contributed by atoms with Crippen LogP contribution in [0.1, 0.15) is 22.8 Å². The summed E-state index contributed by atoms with van der Waals surface area (Å²) in [6.07, 6.45) is 0. The number of anilines is 2. The molecule has 0 fully saturated rings. The van der Waals surface area contributed by atoms with Crippen LogP contribution in [0.15, 0.2) is 42.5 Å². The largest absolute Gasteiger partial charge is 0.385 e. The lowest BCUT2D eigenvalue weighted by Gasteiger charge is -2.12. The summed E-state index contributed by atoms with van der Waals surface area (Å²) in [7, 11) is 0. The third kappa shape index (κ3) is 3.15. The molecule has 104 valence electrons. The second-order valence-corrected chi connectivity index (χ2v) is 4.51. The van der Waals surface area contributed by atoms with Gasteiger partial charge in [0.15, 0.2) is 0 Å². The fourth-order valence-corrected chi connectivity index (χ4v) is 1.95. The van der Waals surface area contributed by atoms with E-state index >= 15 is 0 Å². The van der Waals surface area contributed by atoms with E-state index in [0.29, 0.717) is 12.1 Å². The molecule has 2 rings (SSSR count). The predicted octanol–water partition coefficient (Wildman–Crippen LogP) is 3.82. The summed E-state index contributed by atoms with van der Waals surface area (Å²) >= 11 is 0. The van der Waals surface area contributed by atoms with Gasteiger partial charge in [-0.3, -0.25) is 4.79 Å². The normalized spacial score (nSPS) is 10.2. The van der Waals surface area contributed by atoms with Crippen molar-refractivity contribution in [2.75, 3.05) is 17.2 Å². The highest BCUT2D eigenvalue weighted by Gasteiger charge is 2.13. The Morgan fingerprint density at radius 3 is 2.60 bits per heavy atom. The van der Waals surface area contributed by atoms with E-state index in [9.17, 15) is 9.18 Å². The van der Waals surface area contributed by atoms with Crippen LogP contribution in [0.4, 0.5) is 15.8 Å². The van der Waals surface area contributed by atoms with Crippen molar-refractivity contribution < 1.29 is 9.18 Å². The molecule has 0 unspecified atom stereocenters. The highest BCUT2D eigenvalue weighted by molar-refractivity contribution is 6.08. The Hall–Kier alpha value is -2.36. The van der Waals surface area contributed by atoms with Crippen molar-refractivity contribution >= 4 is 17.3 Å². The van der Waals surface area contributed by atoms with Gasteiger partial charge in [-0.1, -0.05) is 18.2 Å². The number of benzene rings is 2. The van der Waals surface area contributed by atoms with Gasteiger partial charge in [0.05, 0.1) is 11.3 Å². The third-order valence-corrected chi connectivity index (χ3v) is 2.91. The molecule has 3 nitrogen and oxygen atoms in total. The maximum absolute atomic E-state index is 13.5. The first-order chi connectivity index (χ1) is 9.61. The summed E-state index contributed by atoms with van der Waals surface area (Å²) in [6, 6.07) is 11.6. The molecule has 0 heterocycles. The van der Waals surface area contributed by atoms with Crippen LogP contribution in [0.3, 0.4) is 0 Å². The number of nitrogens with one attached hydrogen (secondary N) is 2. The molecule has 4 heteroatoms. The lowest BCUT2D eigenvalue weighted by atomic mass is 10.1. The molecule has 2 aromatic carbocycles. The molecule has 0 saturated heterocycles. The average Bonchev–Trinajstić information content (AvgIpc) is 2.42. The average molecular weight is 272 g/mol. The quantitative estimate of drug-likeness (QED) is 0.888. The van der Waals surface area contributed by atoms with Crippen LogP contribution >= 0.6 is 0 Å². The number of para-hydroxylation sites is 1. The van der Waals surface area contributed by atoms with Gasteiger partial charge in [-0.05, 0) is 43.7 Å². The van der Waals surface area contributed by atoms with Gasteiger partial charge in [0.1, 0.15) is 5.82 Å². The van der Waals surface area contributed by atoms with Crippen molar-refractivity contribution in [1.29, 1.82) is 0 Å². The number of hydrogen-bond acceptors (Lipinski definition) is 2. The summed E-state index contributed by atoms with van der Waals surface area (Å²) in [5, 5.41) is 5.73. The van der Waals surface area contributed by atoms with Gasteiger partial charge < -0.3 is 10.6 Å². The zero-order valence-corrected chi connectivity index (χ0v) is 11.5. The topological polar surface area (TPSA) is 41.1 Å². The minimum absolute atomic E-state index is 0.181. The van der Waals surface area contributed by atoms with Gasteiger partial charge in [-0.2, -0.15) is 0 Å². The summed E-state index contributed by atoms with van der Waals surface area (Å²) in [4.78, 5) is 12.3. The maximum atomic E-state index is 13.5. The van der Waals surface area contributed by atoms with Crippen molar-refractivity contribution in [3.8, 4) is 0 Å². The van der Waals surface area contributed by atoms with Crippen molar-refractivity contribution in [3.63, 3.8) is 0 Å². The molecule has 20 heavy (non-hydrogen) atoms. The van der Waals surface area contributed by atoms with Gasteiger partial charge >= 0.3 is 0 Å². The molecule has 0 aromatic heterocycles. The van der Waals surface area contributed by atoms with E-state index < -0.39 is 5.82 Å². The lowest BCUT2D eigenvalue weighted by Crippen LogP contribution is -2.15. The van der Waals surface area contributed by atoms with Gasteiger partial charge in [-0.25, -0.2) is 4.39 Å². The van der Waals surface area contributed by atoms with Crippen LogP contribution in [0.2, 0.25) is 0 Å². The first-order valence-electron chi connectivity index (χ1n) is 6.52. The van der Waals surface area contributed by atoms with Crippen LogP contribution in [0, 0.1) is 12.7 Å². The Bertz CT molecular complexity index is 626. The van der Waals surface area contributed by atoms with E-state index in [2.05, 4.69) is 10.6 Å². The molecule has 0 aliphatic carbocycles. The van der Waals surface area contributed by atoms with Crippen LogP contribution < -0.4 is 10.6 Å². The first kappa shape index (κ1) is 14.1. The summed E-state index contributed by atoms with van der Waals surface area (Å²) < 4.78 is 13.5. The van der Waals surface area contributed by atoms with Crippen molar-refractivity contribution in [2.24, 2.45) is 0 Å². The van der Waals surface area contributed by atoms with Crippen molar-refractivity contribution in [1.82, 2.24) is 0 Å². The van der Waals surface area contributed by atoms with Crippen molar-refractivity contribution in [2.45, 2.75) is 13.8 Å². The zero-order chi connectivity index (χ0) is 14.5. The molecule has 0 aliphatic heterocycles. The fourth-order valence-electron chi connectivity index (χ4n) is 1.95. The van der Waals surface area contributed by atoms with Gasteiger partial charge in [0.2, 0.25) is 0 Å². The van der Waals surface area contributed by atoms with E-state index in [1.165, 1.54) is 12.1 Å². The molecular formula is C16H17FN2O. The standard InChI is InChI=1S/C16H17FN2O/c1-3-18-15-10-11(2)8-9-12(15)16(20)19-14-7-5-4-6-13(14)17/h4-10,18H,3H2,1-2H3,(H,19,20). The molecule has 0 saturated carbocycles. The molecule has 0 bridgehead atoms. The molecule has 0 spiro atoms. The smallest absolute Gasteiger partial charge is 0.257 e. The Labute approximate surface area is 117 Å². The van der Waals surface area contributed by atoms with Crippen molar-refractivity contribution in [3.05, 3.63) is 59.4 Å². The van der Waals surface area contributed by atoms with Crippen LogP contribution in [-0.4, -0.2) is 12.5 Å². The SMILES string of the molecule is CCNc1cc(C)ccc1C(=O)Nc1ccccc1F. The number of aryl methyl sites for hydroxylation is 1. The predicted molar refractivity (Wildman–Crippen MR) is 79.7 cm³/mol. The van der Waals surface area contributed by atoms with E-state index in [0.717, 1.165) is 11.3 Å². The highest BCUT2D eigenvalue weighted by Crippen LogP contribution is 2.20. The minimum Gasteiger partial charge on any atom is -0.385 e. The molecule has 0 radical (unpaired) electrons. The maximum Gasteiger partial charge on any atom is 0.257 e. The number of hydrogen-bond donors (Lipinski definition) is 2. The molecule has 1 amide bonds. The molecule has 2 N–H and O–H groups in total. The van der Waals surface area contributed by atoms with Crippen LogP contribution in [-0.2, 0) is 0 Å². The van der Waals surface area contributed by atoms with Gasteiger partial charge in [0.25, 0.3) is 5.91 Å². The Balaban J connectivity index is 2.27. The molecule has 0 aliphatic rings. The summed E-state index contributed by atoms with van der Waals surface area (Å²) in [5.41, 5.74) is 2.49. The molecular weight excluding hydrogens is 255 g/mol. The van der Waals surface area contributed by atoms with E-state index in [4.69, 9.17) is 0 Å². The monoisotopic (exact) mass is 272 g/mol. The molecule has 2 aromatic rings. The number of halogens is 1. The van der Waals surface area contributed by atoms with E-state index in [1.807, 2.05) is 26.0 Å². The lowest BCUT2D eigenvalue weighted by molar-refractivity contribution is 0.102. The number of rotatable bonds is 4. The van der Waals surface area contributed by atoms with Gasteiger partial charge in [-0.15, -0.1) is 0 Å². The fraction of sp³-hybridized carbons (Fsp3) is 0.188. The Morgan fingerprint density at radius 1 is 1.15 bits per heavy atom. The van der Waals surface area contributed by atoms with E-state index in [1.54, 1.807) is 18.2 Å². The second kappa shape index (κ2) is 6.19.